The van der Waals surface area contributed by atoms with Crippen LogP contribution in [0, 0.1) is 0 Å². The van der Waals surface area contributed by atoms with Crippen LogP contribution in [-0.2, 0) is 9.59 Å². The number of halogens is 2. The zero-order valence-electron chi connectivity index (χ0n) is 14.8. The van der Waals surface area contributed by atoms with Crippen molar-refractivity contribution in [3.8, 4) is 5.75 Å². The van der Waals surface area contributed by atoms with Crippen LogP contribution in [0.15, 0.2) is 24.8 Å². The van der Waals surface area contributed by atoms with Gasteiger partial charge < -0.3 is 20.2 Å². The number of nitrogens with zero attached hydrogens (tertiary/aromatic N) is 3. The molecule has 0 saturated carbocycles. The first-order valence-corrected chi connectivity index (χ1v) is 9.49. The minimum atomic E-state index is -0.128. The molecule has 1 aromatic rings. The topological polar surface area (TPSA) is 76.1 Å². The number of hydrogen-bond donors (Lipinski definition) is 2. The lowest BCUT2D eigenvalue weighted by Crippen LogP contribution is -2.64. The maximum Gasteiger partial charge on any atom is 0.246 e. The molecule has 7 nitrogen and oxygen atoms in total. The van der Waals surface area contributed by atoms with Crippen LogP contribution in [0.1, 0.15) is 0 Å². The number of benzene rings is 1. The first-order valence-electron chi connectivity index (χ1n) is 8.74. The minimum Gasteiger partial charge on any atom is -0.506 e. The van der Waals surface area contributed by atoms with Gasteiger partial charge in [-0.2, -0.15) is 0 Å². The van der Waals surface area contributed by atoms with Gasteiger partial charge in [-0.05, 0) is 12.1 Å². The quantitative estimate of drug-likeness (QED) is 0.719. The first-order chi connectivity index (χ1) is 12.9. The number of phenolic OH excluding ortho intramolecular Hbond substituents is 1. The van der Waals surface area contributed by atoms with Crippen LogP contribution < -0.4 is 5.32 Å². The lowest BCUT2D eigenvalue weighted by Gasteiger charge is -2.47. The van der Waals surface area contributed by atoms with Gasteiger partial charge in [-0.15, -0.1) is 0 Å². The third-order valence-corrected chi connectivity index (χ3v) is 5.78. The van der Waals surface area contributed by atoms with E-state index in [1.165, 1.54) is 12.1 Å². The van der Waals surface area contributed by atoms with E-state index >= 15 is 0 Å². The fraction of sp³-hybridized carbons (Fsp3) is 0.444. The van der Waals surface area contributed by atoms with Gasteiger partial charge in [0.25, 0.3) is 0 Å². The average Bonchev–Trinajstić information content (AvgIpc) is 2.63. The van der Waals surface area contributed by atoms with Crippen molar-refractivity contribution in [3.63, 3.8) is 0 Å². The Balaban J connectivity index is 1.43. The Morgan fingerprint density at radius 1 is 1.19 bits per heavy atom. The molecule has 0 spiro atoms. The maximum absolute atomic E-state index is 12.4. The molecular formula is C18H22Cl2N4O3. The second-order valence-corrected chi connectivity index (χ2v) is 7.45. The van der Waals surface area contributed by atoms with E-state index in [-0.39, 0.29) is 34.2 Å². The number of hydrogen-bond acceptors (Lipinski definition) is 5. The van der Waals surface area contributed by atoms with E-state index in [4.69, 9.17) is 23.2 Å². The van der Waals surface area contributed by atoms with Crippen molar-refractivity contribution < 1.29 is 14.7 Å². The molecule has 0 atom stereocenters. The molecule has 27 heavy (non-hydrogen) atoms. The summed E-state index contributed by atoms with van der Waals surface area (Å²) < 4.78 is 0. The summed E-state index contributed by atoms with van der Waals surface area (Å²) in [5, 5.41) is 13.0. The van der Waals surface area contributed by atoms with Gasteiger partial charge in [-0.1, -0.05) is 29.8 Å². The van der Waals surface area contributed by atoms with Gasteiger partial charge in [0, 0.05) is 57.1 Å². The Kier molecular flexibility index (Phi) is 6.14. The van der Waals surface area contributed by atoms with Crippen molar-refractivity contribution in [1.29, 1.82) is 0 Å². The van der Waals surface area contributed by atoms with E-state index in [2.05, 4.69) is 16.8 Å². The normalized spacial score (nSPS) is 18.1. The zero-order chi connectivity index (χ0) is 19.6. The van der Waals surface area contributed by atoms with Gasteiger partial charge in [-0.25, -0.2) is 0 Å². The summed E-state index contributed by atoms with van der Waals surface area (Å²) in [6.07, 6.45) is 1.34. The van der Waals surface area contributed by atoms with Crippen molar-refractivity contribution in [3.05, 3.63) is 34.8 Å². The number of carbonyl (C=O) groups excluding carboxylic acids is 2. The molecule has 2 amide bonds. The predicted molar refractivity (Wildman–Crippen MR) is 105 cm³/mol. The van der Waals surface area contributed by atoms with E-state index < -0.39 is 0 Å². The molecule has 1 aromatic carbocycles. The van der Waals surface area contributed by atoms with Crippen LogP contribution in [0.3, 0.4) is 0 Å². The summed E-state index contributed by atoms with van der Waals surface area (Å²) in [5.41, 5.74) is 0.537. The van der Waals surface area contributed by atoms with Gasteiger partial charge in [-0.3, -0.25) is 14.5 Å². The van der Waals surface area contributed by atoms with Crippen LogP contribution in [0.25, 0.3) is 0 Å². The summed E-state index contributed by atoms with van der Waals surface area (Å²) >= 11 is 11.7. The third-order valence-electron chi connectivity index (χ3n) is 4.98. The molecule has 2 N–H and O–H groups in total. The summed E-state index contributed by atoms with van der Waals surface area (Å²) in [6, 6.07) is 3.37. The van der Waals surface area contributed by atoms with Crippen molar-refractivity contribution >= 4 is 40.7 Å². The Bertz CT molecular complexity index is 721. The van der Waals surface area contributed by atoms with E-state index in [1.807, 2.05) is 4.90 Å². The molecule has 2 aliphatic rings. The Morgan fingerprint density at radius 2 is 1.85 bits per heavy atom. The Hall–Kier alpha value is -1.96. The SMILES string of the molecule is C=CC(=O)N1CC(N2CCN(C(=O)CNc3cc(O)c(Cl)c(Cl)c3)CC2)C1. The lowest BCUT2D eigenvalue weighted by molar-refractivity contribution is -0.135. The number of amides is 2. The van der Waals surface area contributed by atoms with Crippen molar-refractivity contribution in [2.24, 2.45) is 0 Å². The molecule has 9 heteroatoms. The lowest BCUT2D eigenvalue weighted by atomic mass is 10.1. The molecule has 0 bridgehead atoms. The molecule has 3 rings (SSSR count). The van der Waals surface area contributed by atoms with Gasteiger partial charge in [0.15, 0.2) is 0 Å². The molecule has 0 aromatic heterocycles. The van der Waals surface area contributed by atoms with E-state index in [0.717, 1.165) is 26.2 Å². The zero-order valence-corrected chi connectivity index (χ0v) is 16.3. The number of piperazine rings is 1. The van der Waals surface area contributed by atoms with Crippen molar-refractivity contribution in [2.45, 2.75) is 6.04 Å². The molecule has 0 unspecified atom stereocenters. The molecule has 0 aliphatic carbocycles. The number of likely N-dealkylation sites (tertiary alicyclic amines) is 1. The molecular weight excluding hydrogens is 391 g/mol. The van der Waals surface area contributed by atoms with Crippen LogP contribution in [-0.4, -0.2) is 83.5 Å². The van der Waals surface area contributed by atoms with Crippen molar-refractivity contribution in [1.82, 2.24) is 14.7 Å². The molecule has 0 radical (unpaired) electrons. The highest BCUT2D eigenvalue weighted by Crippen LogP contribution is 2.34. The summed E-state index contributed by atoms with van der Waals surface area (Å²) in [4.78, 5) is 29.8. The Labute approximate surface area is 168 Å². The van der Waals surface area contributed by atoms with Gasteiger partial charge in [0.1, 0.15) is 10.8 Å². The van der Waals surface area contributed by atoms with E-state index in [1.54, 1.807) is 11.0 Å². The number of aromatic hydroxyl groups is 1. The van der Waals surface area contributed by atoms with E-state index in [9.17, 15) is 14.7 Å². The number of anilines is 1. The number of nitrogens with one attached hydrogen (secondary N) is 1. The fourth-order valence-electron chi connectivity index (χ4n) is 3.30. The first kappa shape index (κ1) is 19.8. The summed E-state index contributed by atoms with van der Waals surface area (Å²) in [7, 11) is 0. The second-order valence-electron chi connectivity index (χ2n) is 6.66. The number of carbonyl (C=O) groups is 2. The maximum atomic E-state index is 12.4. The molecule has 2 heterocycles. The Morgan fingerprint density at radius 3 is 2.44 bits per heavy atom. The molecule has 2 aliphatic heterocycles. The highest BCUT2D eigenvalue weighted by molar-refractivity contribution is 6.43. The molecule has 146 valence electrons. The average molecular weight is 413 g/mol. The second kappa shape index (κ2) is 8.37. The van der Waals surface area contributed by atoms with Gasteiger partial charge in [0.2, 0.25) is 11.8 Å². The molecule has 2 fully saturated rings. The van der Waals surface area contributed by atoms with Gasteiger partial charge in [0.05, 0.1) is 11.6 Å². The predicted octanol–water partition coefficient (Wildman–Crippen LogP) is 1.65. The van der Waals surface area contributed by atoms with Crippen LogP contribution in [0.4, 0.5) is 5.69 Å². The smallest absolute Gasteiger partial charge is 0.246 e. The van der Waals surface area contributed by atoms with Gasteiger partial charge >= 0.3 is 0 Å². The van der Waals surface area contributed by atoms with Crippen LogP contribution in [0.5, 0.6) is 5.75 Å². The largest absolute Gasteiger partial charge is 0.506 e. The highest BCUT2D eigenvalue weighted by atomic mass is 35.5. The highest BCUT2D eigenvalue weighted by Gasteiger charge is 2.35. The number of rotatable bonds is 5. The fourth-order valence-corrected chi connectivity index (χ4v) is 3.62. The number of phenols is 1. The van der Waals surface area contributed by atoms with Crippen molar-refractivity contribution in [2.75, 3.05) is 51.1 Å². The van der Waals surface area contributed by atoms with E-state index in [0.29, 0.717) is 24.8 Å². The summed E-state index contributed by atoms with van der Waals surface area (Å²) in [5.74, 6) is -0.172. The monoisotopic (exact) mass is 412 g/mol. The summed E-state index contributed by atoms with van der Waals surface area (Å²) in [6.45, 7) is 7.95. The minimum absolute atomic E-state index is 0.0164. The van der Waals surface area contributed by atoms with Crippen LogP contribution >= 0.6 is 23.2 Å². The van der Waals surface area contributed by atoms with Crippen LogP contribution in [0.2, 0.25) is 10.0 Å². The molecule has 2 saturated heterocycles. The standard InChI is InChI=1S/C18H22Cl2N4O3/c1-2-16(26)24-10-13(11-24)22-3-5-23(6-4-22)17(27)9-21-12-7-14(19)18(20)15(25)8-12/h2,7-8,13,21,25H,1,3-6,9-11H2. The third kappa shape index (κ3) is 4.48.